The highest BCUT2D eigenvalue weighted by molar-refractivity contribution is 5.44. The smallest absolute Gasteiger partial charge is 0.130 e. The second kappa shape index (κ2) is 15.4. The summed E-state index contributed by atoms with van der Waals surface area (Å²) in [7, 11) is 0. The van der Waals surface area contributed by atoms with Gasteiger partial charge in [-0.05, 0) is 191 Å². The molecular formula is C44H44O4. The molecule has 0 atom stereocenters. The fourth-order valence-electron chi connectivity index (χ4n) is 4.85. The van der Waals surface area contributed by atoms with Gasteiger partial charge < -0.3 is 18.9 Å². The molecule has 0 aliphatic rings. The first-order valence-corrected chi connectivity index (χ1v) is 16.2. The van der Waals surface area contributed by atoms with Crippen LogP contribution < -0.4 is 18.9 Å². The Hall–Kier alpha value is -5.48. The van der Waals surface area contributed by atoms with Crippen LogP contribution in [0.1, 0.15) is 44.5 Å². The van der Waals surface area contributed by atoms with Gasteiger partial charge in [0.25, 0.3) is 0 Å². The highest BCUT2D eigenvalue weighted by Gasteiger charge is 2.06. The van der Waals surface area contributed by atoms with Crippen molar-refractivity contribution in [3.05, 3.63) is 166 Å². The summed E-state index contributed by atoms with van der Waals surface area (Å²) >= 11 is 0. The number of hydrogen-bond acceptors (Lipinski definition) is 4. The van der Waals surface area contributed by atoms with Crippen LogP contribution in [-0.4, -0.2) is 0 Å². The molecule has 0 fully saturated rings. The normalized spacial score (nSPS) is 10.5. The van der Waals surface area contributed by atoms with Gasteiger partial charge in [-0.2, -0.15) is 0 Å². The van der Waals surface area contributed by atoms with Gasteiger partial charge in [0.2, 0.25) is 0 Å². The van der Waals surface area contributed by atoms with Gasteiger partial charge in [-0.15, -0.1) is 0 Å². The van der Waals surface area contributed by atoms with Crippen LogP contribution in [0.5, 0.6) is 46.0 Å². The summed E-state index contributed by atoms with van der Waals surface area (Å²) in [6.45, 7) is 16.7. The van der Waals surface area contributed by atoms with Crippen molar-refractivity contribution >= 4 is 0 Å². The van der Waals surface area contributed by atoms with Gasteiger partial charge >= 0.3 is 0 Å². The largest absolute Gasteiger partial charge is 0.457 e. The van der Waals surface area contributed by atoms with Crippen LogP contribution in [0.3, 0.4) is 0 Å². The van der Waals surface area contributed by atoms with Crippen LogP contribution in [0.4, 0.5) is 0 Å². The first kappa shape index (κ1) is 33.9. The second-order valence-corrected chi connectivity index (χ2v) is 12.3. The van der Waals surface area contributed by atoms with Crippen molar-refractivity contribution in [2.45, 2.75) is 55.4 Å². The lowest BCUT2D eigenvalue weighted by Gasteiger charge is -2.12. The monoisotopic (exact) mass is 636 g/mol. The van der Waals surface area contributed by atoms with Crippen molar-refractivity contribution in [3.8, 4) is 46.0 Å². The van der Waals surface area contributed by atoms with Crippen molar-refractivity contribution in [2.75, 3.05) is 0 Å². The predicted octanol–water partition coefficient (Wildman–Crippen LogP) is 13.0. The Labute approximate surface area is 285 Å². The zero-order chi connectivity index (χ0) is 34.2. The number of benzene rings is 6. The molecule has 244 valence electrons. The summed E-state index contributed by atoms with van der Waals surface area (Å²) < 4.78 is 23.7. The molecule has 6 aromatic carbocycles. The van der Waals surface area contributed by atoms with E-state index in [0.29, 0.717) is 0 Å². The van der Waals surface area contributed by atoms with Crippen molar-refractivity contribution in [1.82, 2.24) is 0 Å². The van der Waals surface area contributed by atoms with Crippen molar-refractivity contribution in [1.29, 1.82) is 0 Å². The molecule has 0 amide bonds. The Balaban J connectivity index is 0.000000188. The van der Waals surface area contributed by atoms with E-state index < -0.39 is 0 Å². The molecule has 4 heteroatoms. The average molecular weight is 637 g/mol. The maximum atomic E-state index is 5.97. The number of rotatable bonds is 8. The molecule has 0 aromatic heterocycles. The quantitative estimate of drug-likeness (QED) is 0.167. The minimum Gasteiger partial charge on any atom is -0.457 e. The topological polar surface area (TPSA) is 36.9 Å². The third-order valence-corrected chi connectivity index (χ3v) is 8.57. The van der Waals surface area contributed by atoms with Crippen molar-refractivity contribution in [2.24, 2.45) is 0 Å². The van der Waals surface area contributed by atoms with Crippen LogP contribution in [0.25, 0.3) is 0 Å². The third-order valence-electron chi connectivity index (χ3n) is 8.57. The Morgan fingerprint density at radius 2 is 0.583 bits per heavy atom. The van der Waals surface area contributed by atoms with E-state index in [0.717, 1.165) is 51.6 Å². The number of hydrogen-bond donors (Lipinski definition) is 0. The molecule has 0 aliphatic heterocycles. The van der Waals surface area contributed by atoms with Gasteiger partial charge in [-0.3, -0.25) is 0 Å². The molecule has 6 rings (SSSR count). The van der Waals surface area contributed by atoms with E-state index in [4.69, 9.17) is 18.9 Å². The van der Waals surface area contributed by atoms with E-state index in [1.54, 1.807) is 0 Å². The minimum atomic E-state index is 0.797. The molecule has 0 unspecified atom stereocenters. The van der Waals surface area contributed by atoms with Crippen LogP contribution in [0.2, 0.25) is 0 Å². The highest BCUT2D eigenvalue weighted by atomic mass is 16.5. The molecule has 0 aliphatic carbocycles. The third kappa shape index (κ3) is 9.07. The van der Waals surface area contributed by atoms with E-state index in [1.807, 2.05) is 78.9 Å². The maximum Gasteiger partial charge on any atom is 0.130 e. The standard InChI is InChI=1S/2C22H22O2/c1-15-5-7-21(13-17(15)3)23-19-9-11-20(12-10-19)24-22-8-6-16(2)18(4)14-22;1-15-8-9-21(14-17(15)3)23-19-10-12-20(13-11-19)24-22-7-5-6-16(2)18(22)4/h2*5-14H,1-4H3. The van der Waals surface area contributed by atoms with Crippen molar-refractivity contribution in [3.63, 3.8) is 0 Å². The van der Waals surface area contributed by atoms with E-state index in [-0.39, 0.29) is 0 Å². The molecule has 0 heterocycles. The molecule has 6 aromatic rings. The first-order chi connectivity index (χ1) is 23.0. The molecule has 4 nitrogen and oxygen atoms in total. The Bertz CT molecular complexity index is 1920. The van der Waals surface area contributed by atoms with Gasteiger partial charge in [0.05, 0.1) is 0 Å². The fraction of sp³-hybridized carbons (Fsp3) is 0.182. The maximum absolute atomic E-state index is 5.97. The van der Waals surface area contributed by atoms with Gasteiger partial charge in [-0.1, -0.05) is 30.3 Å². The lowest BCUT2D eigenvalue weighted by atomic mass is 10.1. The molecule has 0 radical (unpaired) electrons. The molecule has 0 bridgehead atoms. The summed E-state index contributed by atoms with van der Waals surface area (Å²) in [5.74, 6) is 6.63. The van der Waals surface area contributed by atoms with E-state index in [9.17, 15) is 0 Å². The Kier molecular flexibility index (Phi) is 10.9. The van der Waals surface area contributed by atoms with E-state index >= 15 is 0 Å². The van der Waals surface area contributed by atoms with Crippen LogP contribution in [0, 0.1) is 55.4 Å². The zero-order valence-corrected chi connectivity index (χ0v) is 29.2. The molecule has 48 heavy (non-hydrogen) atoms. The Morgan fingerprint density at radius 1 is 0.271 bits per heavy atom. The number of ether oxygens (including phenoxy) is 4. The summed E-state index contributed by atoms with van der Waals surface area (Å²) in [5.41, 5.74) is 9.85. The lowest BCUT2D eigenvalue weighted by Crippen LogP contribution is -1.90. The second-order valence-electron chi connectivity index (χ2n) is 12.3. The van der Waals surface area contributed by atoms with Crippen LogP contribution >= 0.6 is 0 Å². The first-order valence-electron chi connectivity index (χ1n) is 16.2. The average Bonchev–Trinajstić information content (AvgIpc) is 3.07. The lowest BCUT2D eigenvalue weighted by molar-refractivity contribution is 0.467. The molecule has 0 N–H and O–H groups in total. The number of aryl methyl sites for hydroxylation is 7. The van der Waals surface area contributed by atoms with Crippen molar-refractivity contribution < 1.29 is 18.9 Å². The highest BCUT2D eigenvalue weighted by Crippen LogP contribution is 2.31. The molecule has 0 saturated carbocycles. The Morgan fingerprint density at radius 3 is 0.917 bits per heavy atom. The van der Waals surface area contributed by atoms with Gasteiger partial charge in [-0.25, -0.2) is 0 Å². The van der Waals surface area contributed by atoms with Crippen LogP contribution in [0.15, 0.2) is 121 Å². The van der Waals surface area contributed by atoms with Gasteiger partial charge in [0.1, 0.15) is 46.0 Å². The van der Waals surface area contributed by atoms with E-state index in [2.05, 4.69) is 97.9 Å². The summed E-state index contributed by atoms with van der Waals surface area (Å²) in [6.07, 6.45) is 0. The zero-order valence-electron chi connectivity index (χ0n) is 29.2. The van der Waals surface area contributed by atoms with Gasteiger partial charge in [0, 0.05) is 0 Å². The predicted molar refractivity (Wildman–Crippen MR) is 197 cm³/mol. The summed E-state index contributed by atoms with van der Waals surface area (Å²) in [4.78, 5) is 0. The minimum absolute atomic E-state index is 0.797. The fourth-order valence-corrected chi connectivity index (χ4v) is 4.85. The summed E-state index contributed by atoms with van der Waals surface area (Å²) in [6, 6.07) is 39.8. The van der Waals surface area contributed by atoms with Gasteiger partial charge in [0.15, 0.2) is 0 Å². The molecular weight excluding hydrogens is 592 g/mol. The molecule has 0 saturated heterocycles. The molecule has 0 spiro atoms. The van der Waals surface area contributed by atoms with Crippen LogP contribution in [-0.2, 0) is 0 Å². The summed E-state index contributed by atoms with van der Waals surface area (Å²) in [5, 5.41) is 0. The SMILES string of the molecule is Cc1ccc(Oc2ccc(Oc3ccc(C)c(C)c3)cc2)cc1C.Cc1ccc(Oc2ccc(Oc3cccc(C)c3C)cc2)cc1C. The van der Waals surface area contributed by atoms with E-state index in [1.165, 1.54) is 38.9 Å².